The third kappa shape index (κ3) is 2.87. The molecule has 0 radical (unpaired) electrons. The van der Waals surface area contributed by atoms with Gasteiger partial charge in [0.25, 0.3) is 5.91 Å². The van der Waals surface area contributed by atoms with Gasteiger partial charge >= 0.3 is 0 Å². The van der Waals surface area contributed by atoms with E-state index in [1.165, 1.54) is 6.33 Å². The molecule has 116 valence electrons. The number of carbonyl (C=O) groups is 1. The van der Waals surface area contributed by atoms with Gasteiger partial charge in [0.1, 0.15) is 12.7 Å². The summed E-state index contributed by atoms with van der Waals surface area (Å²) in [5.74, 6) is 0.0911. The van der Waals surface area contributed by atoms with Crippen LogP contribution in [0.2, 0.25) is 0 Å². The highest BCUT2D eigenvalue weighted by atomic mass is 16.2. The lowest BCUT2D eigenvalue weighted by Gasteiger charge is -2.36. The van der Waals surface area contributed by atoms with Crippen LogP contribution in [0.15, 0.2) is 30.9 Å². The molecule has 0 bridgehead atoms. The molecule has 1 saturated heterocycles. The zero-order valence-electron chi connectivity index (χ0n) is 13.2. The van der Waals surface area contributed by atoms with Gasteiger partial charge in [0.15, 0.2) is 0 Å². The molecule has 1 aliphatic heterocycles. The number of amides is 1. The average molecular weight is 299 g/mol. The third-order valence-corrected chi connectivity index (χ3v) is 3.95. The average Bonchev–Trinajstić information content (AvgIpc) is 2.99. The van der Waals surface area contributed by atoms with E-state index >= 15 is 0 Å². The normalized spacial score (nSPS) is 21.9. The summed E-state index contributed by atoms with van der Waals surface area (Å²) in [6, 6.07) is 6.36. The van der Waals surface area contributed by atoms with Crippen molar-refractivity contribution in [3.63, 3.8) is 0 Å². The van der Waals surface area contributed by atoms with Gasteiger partial charge in [-0.1, -0.05) is 0 Å². The van der Waals surface area contributed by atoms with Gasteiger partial charge in [-0.3, -0.25) is 4.79 Å². The predicted octanol–water partition coefficient (Wildman–Crippen LogP) is 1.40. The summed E-state index contributed by atoms with van der Waals surface area (Å²) in [5.41, 5.74) is 2.67. The van der Waals surface area contributed by atoms with Gasteiger partial charge in [0.2, 0.25) is 0 Å². The van der Waals surface area contributed by atoms with Crippen LogP contribution in [0.4, 0.5) is 0 Å². The lowest BCUT2D eigenvalue weighted by atomic mass is 10.1. The molecule has 0 saturated carbocycles. The van der Waals surface area contributed by atoms with Crippen molar-refractivity contribution in [3.05, 3.63) is 42.0 Å². The molecule has 3 rings (SSSR count). The van der Waals surface area contributed by atoms with E-state index in [9.17, 15) is 4.79 Å². The summed E-state index contributed by atoms with van der Waals surface area (Å²) >= 11 is 0. The molecule has 1 N–H and O–H groups in total. The van der Waals surface area contributed by atoms with Crippen LogP contribution in [0.5, 0.6) is 0 Å². The second-order valence-corrected chi connectivity index (χ2v) is 6.02. The van der Waals surface area contributed by atoms with Crippen LogP contribution in [0, 0.1) is 6.92 Å². The van der Waals surface area contributed by atoms with Gasteiger partial charge in [0.05, 0.1) is 5.69 Å². The number of piperazine rings is 1. The van der Waals surface area contributed by atoms with Gasteiger partial charge in [-0.2, -0.15) is 5.10 Å². The Kier molecular flexibility index (Phi) is 3.94. The van der Waals surface area contributed by atoms with E-state index in [1.807, 2.05) is 30.0 Å². The van der Waals surface area contributed by atoms with Gasteiger partial charge in [-0.25, -0.2) is 9.67 Å². The Morgan fingerprint density at radius 2 is 2.00 bits per heavy atom. The minimum atomic E-state index is 0.0911. The highest BCUT2D eigenvalue weighted by Crippen LogP contribution is 2.17. The Balaban J connectivity index is 1.83. The number of nitrogens with one attached hydrogen (secondary N) is 1. The summed E-state index contributed by atoms with van der Waals surface area (Å²) in [7, 11) is 0. The predicted molar refractivity (Wildman–Crippen MR) is 84.1 cm³/mol. The van der Waals surface area contributed by atoms with Crippen LogP contribution in [0.1, 0.15) is 29.8 Å². The van der Waals surface area contributed by atoms with E-state index in [-0.39, 0.29) is 5.91 Å². The Bertz CT molecular complexity index is 657. The fourth-order valence-electron chi connectivity index (χ4n) is 3.05. The number of nitrogens with zero attached hydrogens (tertiary/aromatic N) is 4. The van der Waals surface area contributed by atoms with Crippen LogP contribution >= 0.6 is 0 Å². The van der Waals surface area contributed by atoms with Crippen molar-refractivity contribution in [2.24, 2.45) is 0 Å². The maximum Gasteiger partial charge on any atom is 0.253 e. The molecule has 22 heavy (non-hydrogen) atoms. The van der Waals surface area contributed by atoms with Gasteiger partial charge < -0.3 is 10.2 Å². The molecular weight excluding hydrogens is 278 g/mol. The van der Waals surface area contributed by atoms with Crippen molar-refractivity contribution in [1.29, 1.82) is 0 Å². The molecule has 2 aromatic rings. The molecule has 2 heterocycles. The molecule has 1 aliphatic rings. The molecule has 1 aromatic carbocycles. The van der Waals surface area contributed by atoms with Crippen molar-refractivity contribution >= 4 is 5.91 Å². The van der Waals surface area contributed by atoms with Crippen LogP contribution < -0.4 is 5.32 Å². The molecule has 1 amide bonds. The van der Waals surface area contributed by atoms with Gasteiger partial charge in [-0.15, -0.1) is 0 Å². The quantitative estimate of drug-likeness (QED) is 0.910. The molecule has 0 unspecified atom stereocenters. The van der Waals surface area contributed by atoms with E-state index in [1.54, 1.807) is 11.0 Å². The number of aromatic nitrogens is 3. The lowest BCUT2D eigenvalue weighted by molar-refractivity contribution is 0.0673. The monoisotopic (exact) mass is 299 g/mol. The molecule has 6 nitrogen and oxygen atoms in total. The minimum Gasteiger partial charge on any atom is -0.336 e. The number of carbonyl (C=O) groups excluding carboxylic acids is 1. The number of hydrogen-bond donors (Lipinski definition) is 1. The second kappa shape index (κ2) is 5.88. The van der Waals surface area contributed by atoms with Crippen LogP contribution in [0.25, 0.3) is 5.69 Å². The Morgan fingerprint density at radius 3 is 2.59 bits per heavy atom. The number of benzene rings is 1. The smallest absolute Gasteiger partial charge is 0.253 e. The first-order valence-electron chi connectivity index (χ1n) is 7.55. The third-order valence-electron chi connectivity index (χ3n) is 3.95. The number of hydrogen-bond acceptors (Lipinski definition) is 4. The maximum absolute atomic E-state index is 12.7. The largest absolute Gasteiger partial charge is 0.336 e. The van der Waals surface area contributed by atoms with Crippen molar-refractivity contribution in [3.8, 4) is 5.69 Å². The van der Waals surface area contributed by atoms with E-state index in [0.717, 1.165) is 29.9 Å². The van der Waals surface area contributed by atoms with Crippen molar-refractivity contribution in [2.75, 3.05) is 13.1 Å². The van der Waals surface area contributed by atoms with E-state index in [0.29, 0.717) is 12.1 Å². The summed E-state index contributed by atoms with van der Waals surface area (Å²) in [4.78, 5) is 18.6. The van der Waals surface area contributed by atoms with Gasteiger partial charge in [-0.05, 0) is 44.5 Å². The highest BCUT2D eigenvalue weighted by Gasteiger charge is 2.25. The van der Waals surface area contributed by atoms with Crippen molar-refractivity contribution in [1.82, 2.24) is 25.0 Å². The van der Waals surface area contributed by atoms with Crippen molar-refractivity contribution in [2.45, 2.75) is 32.9 Å². The Morgan fingerprint density at radius 1 is 1.27 bits per heavy atom. The van der Waals surface area contributed by atoms with E-state index < -0.39 is 0 Å². The van der Waals surface area contributed by atoms with Gasteiger partial charge in [0, 0.05) is 30.7 Å². The molecule has 6 heteroatoms. The second-order valence-electron chi connectivity index (χ2n) is 6.02. The fraction of sp³-hybridized carbons (Fsp3) is 0.438. The first-order chi connectivity index (χ1) is 10.5. The summed E-state index contributed by atoms with van der Waals surface area (Å²) in [6.45, 7) is 7.68. The zero-order valence-corrected chi connectivity index (χ0v) is 13.2. The molecule has 0 spiro atoms. The summed E-state index contributed by atoms with van der Waals surface area (Å²) in [6.07, 6.45) is 3.16. The molecular formula is C16H21N5O. The SMILES string of the molecule is Cc1cc(C(=O)N2C[C@H](C)N[C@@H](C)C2)ccc1-n1cncn1. The Hall–Kier alpha value is -2.21. The molecule has 1 aromatic heterocycles. The fourth-order valence-corrected chi connectivity index (χ4v) is 3.05. The minimum absolute atomic E-state index is 0.0911. The molecule has 1 fully saturated rings. The standard InChI is InChI=1S/C16H21N5O/c1-11-6-14(4-5-15(11)21-10-17-9-18-21)16(22)20-7-12(2)19-13(3)8-20/h4-6,9-10,12-13,19H,7-8H2,1-3H3/t12-,13-/m0/s1. The van der Waals surface area contributed by atoms with Crippen LogP contribution in [-0.4, -0.2) is 50.7 Å². The lowest BCUT2D eigenvalue weighted by Crippen LogP contribution is -2.55. The highest BCUT2D eigenvalue weighted by molar-refractivity contribution is 5.94. The van der Waals surface area contributed by atoms with E-state index in [4.69, 9.17) is 0 Å². The molecule has 0 aliphatic carbocycles. The van der Waals surface area contributed by atoms with Crippen LogP contribution in [-0.2, 0) is 0 Å². The number of aryl methyl sites for hydroxylation is 1. The molecule has 2 atom stereocenters. The van der Waals surface area contributed by atoms with E-state index in [2.05, 4.69) is 29.2 Å². The maximum atomic E-state index is 12.7. The topological polar surface area (TPSA) is 63.1 Å². The summed E-state index contributed by atoms with van der Waals surface area (Å²) < 4.78 is 1.71. The first-order valence-corrected chi connectivity index (χ1v) is 7.55. The van der Waals surface area contributed by atoms with Crippen LogP contribution in [0.3, 0.4) is 0 Å². The zero-order chi connectivity index (χ0) is 15.7. The first kappa shape index (κ1) is 14.7. The van der Waals surface area contributed by atoms with Crippen molar-refractivity contribution < 1.29 is 4.79 Å². The summed E-state index contributed by atoms with van der Waals surface area (Å²) in [5, 5.41) is 7.58. The Labute approximate surface area is 130 Å². The number of rotatable bonds is 2.